The minimum absolute atomic E-state index is 0.321. The third kappa shape index (κ3) is 5.93. The summed E-state index contributed by atoms with van der Waals surface area (Å²) in [6.07, 6.45) is 3.27. The van der Waals surface area contributed by atoms with E-state index in [0.717, 1.165) is 38.4 Å². The Morgan fingerprint density at radius 1 is 1.39 bits per heavy atom. The molecule has 1 heterocycles. The Kier molecular flexibility index (Phi) is 7.29. The van der Waals surface area contributed by atoms with E-state index < -0.39 is 0 Å². The van der Waals surface area contributed by atoms with Gasteiger partial charge in [0.1, 0.15) is 10.8 Å². The SMILES string of the molecule is CCCCOCCCNc1cccc(C(N)=S)n1. The van der Waals surface area contributed by atoms with Crippen LogP contribution in [0.15, 0.2) is 18.2 Å². The van der Waals surface area contributed by atoms with E-state index in [4.69, 9.17) is 22.7 Å². The highest BCUT2D eigenvalue weighted by Gasteiger charge is 1.99. The van der Waals surface area contributed by atoms with Crippen molar-refractivity contribution in [2.24, 2.45) is 5.73 Å². The maximum absolute atomic E-state index is 5.53. The first-order valence-electron chi connectivity index (χ1n) is 6.32. The lowest BCUT2D eigenvalue weighted by Gasteiger charge is -2.07. The van der Waals surface area contributed by atoms with Crippen LogP contribution in [0.5, 0.6) is 0 Å². The van der Waals surface area contributed by atoms with Crippen LogP contribution in [0.2, 0.25) is 0 Å². The lowest BCUT2D eigenvalue weighted by molar-refractivity contribution is 0.131. The van der Waals surface area contributed by atoms with Crippen LogP contribution >= 0.6 is 12.2 Å². The van der Waals surface area contributed by atoms with Crippen molar-refractivity contribution in [3.05, 3.63) is 23.9 Å². The summed E-state index contributed by atoms with van der Waals surface area (Å²) in [5.41, 5.74) is 6.17. The number of thiocarbonyl (C=S) groups is 1. The second-order valence-corrected chi connectivity index (χ2v) is 4.46. The van der Waals surface area contributed by atoms with Crippen LogP contribution in [0.3, 0.4) is 0 Å². The largest absolute Gasteiger partial charge is 0.388 e. The zero-order chi connectivity index (χ0) is 13.2. The van der Waals surface area contributed by atoms with Crippen LogP contribution in [0.1, 0.15) is 31.9 Å². The number of nitrogens with two attached hydrogens (primary N) is 1. The number of ether oxygens (including phenoxy) is 1. The topological polar surface area (TPSA) is 60.2 Å². The number of hydrogen-bond donors (Lipinski definition) is 2. The summed E-state index contributed by atoms with van der Waals surface area (Å²) in [4.78, 5) is 4.62. The fraction of sp³-hybridized carbons (Fsp3) is 0.538. The van der Waals surface area contributed by atoms with Crippen LogP contribution in [-0.4, -0.2) is 29.7 Å². The highest BCUT2D eigenvalue weighted by molar-refractivity contribution is 7.80. The number of nitrogens with one attached hydrogen (secondary N) is 1. The monoisotopic (exact) mass is 267 g/mol. The first-order valence-corrected chi connectivity index (χ1v) is 6.73. The van der Waals surface area contributed by atoms with Gasteiger partial charge < -0.3 is 15.8 Å². The Balaban J connectivity index is 2.19. The minimum Gasteiger partial charge on any atom is -0.388 e. The summed E-state index contributed by atoms with van der Waals surface area (Å²) < 4.78 is 5.47. The highest BCUT2D eigenvalue weighted by Crippen LogP contribution is 2.04. The van der Waals surface area contributed by atoms with E-state index in [1.54, 1.807) is 6.07 Å². The van der Waals surface area contributed by atoms with E-state index in [1.165, 1.54) is 6.42 Å². The number of aromatic nitrogens is 1. The fourth-order valence-electron chi connectivity index (χ4n) is 1.41. The van der Waals surface area contributed by atoms with Crippen LogP contribution < -0.4 is 11.1 Å². The zero-order valence-electron chi connectivity index (χ0n) is 10.8. The minimum atomic E-state index is 0.321. The predicted octanol–water partition coefficient (Wildman–Crippen LogP) is 2.33. The molecule has 0 aliphatic heterocycles. The van der Waals surface area contributed by atoms with Gasteiger partial charge in [0.2, 0.25) is 0 Å². The molecule has 0 atom stereocenters. The molecule has 0 spiro atoms. The standard InChI is InChI=1S/C13H21N3OS/c1-2-3-9-17-10-5-8-15-12-7-4-6-11(16-12)13(14)18/h4,6-7H,2-3,5,8-10H2,1H3,(H2,14,18)(H,15,16). The molecule has 0 fully saturated rings. The van der Waals surface area contributed by atoms with Gasteiger partial charge in [0.15, 0.2) is 0 Å². The van der Waals surface area contributed by atoms with E-state index in [-0.39, 0.29) is 0 Å². The predicted molar refractivity (Wildman–Crippen MR) is 79.0 cm³/mol. The summed E-state index contributed by atoms with van der Waals surface area (Å²) in [6.45, 7) is 4.62. The zero-order valence-corrected chi connectivity index (χ0v) is 11.6. The molecule has 0 aliphatic rings. The summed E-state index contributed by atoms with van der Waals surface area (Å²) in [6, 6.07) is 5.60. The molecule has 0 bridgehead atoms. The second kappa shape index (κ2) is 8.83. The van der Waals surface area contributed by atoms with Crippen molar-refractivity contribution in [1.29, 1.82) is 0 Å². The number of nitrogens with zero attached hydrogens (tertiary/aromatic N) is 1. The molecule has 0 amide bonds. The quantitative estimate of drug-likeness (QED) is 0.531. The Morgan fingerprint density at radius 3 is 2.89 bits per heavy atom. The lowest BCUT2D eigenvalue weighted by atomic mass is 10.3. The van der Waals surface area contributed by atoms with Crippen molar-refractivity contribution in [2.45, 2.75) is 26.2 Å². The molecule has 100 valence electrons. The van der Waals surface area contributed by atoms with Crippen molar-refractivity contribution in [2.75, 3.05) is 25.1 Å². The number of anilines is 1. The van der Waals surface area contributed by atoms with Crippen molar-refractivity contribution >= 4 is 23.0 Å². The smallest absolute Gasteiger partial charge is 0.126 e. The Labute approximate surface area is 114 Å². The van der Waals surface area contributed by atoms with Crippen LogP contribution in [0.4, 0.5) is 5.82 Å². The molecule has 5 heteroatoms. The number of hydrogen-bond acceptors (Lipinski definition) is 4. The molecule has 0 radical (unpaired) electrons. The molecule has 0 saturated heterocycles. The molecule has 0 aliphatic carbocycles. The molecule has 18 heavy (non-hydrogen) atoms. The van der Waals surface area contributed by atoms with Gasteiger partial charge in [-0.15, -0.1) is 0 Å². The summed E-state index contributed by atoms with van der Waals surface area (Å²) in [5.74, 6) is 0.800. The fourth-order valence-corrected chi connectivity index (χ4v) is 1.52. The van der Waals surface area contributed by atoms with Gasteiger partial charge in [0.05, 0.1) is 5.69 Å². The Morgan fingerprint density at radius 2 is 2.17 bits per heavy atom. The van der Waals surface area contributed by atoms with E-state index in [9.17, 15) is 0 Å². The van der Waals surface area contributed by atoms with Crippen LogP contribution in [0, 0.1) is 0 Å². The van der Waals surface area contributed by atoms with Gasteiger partial charge in [-0.3, -0.25) is 0 Å². The molecule has 4 nitrogen and oxygen atoms in total. The van der Waals surface area contributed by atoms with Crippen LogP contribution in [-0.2, 0) is 4.74 Å². The highest BCUT2D eigenvalue weighted by atomic mass is 32.1. The van der Waals surface area contributed by atoms with Crippen molar-refractivity contribution < 1.29 is 4.74 Å². The molecular weight excluding hydrogens is 246 g/mol. The molecule has 0 saturated carbocycles. The molecule has 1 aromatic rings. The van der Waals surface area contributed by atoms with Gasteiger partial charge in [0.25, 0.3) is 0 Å². The van der Waals surface area contributed by atoms with Crippen molar-refractivity contribution in [3.8, 4) is 0 Å². The van der Waals surface area contributed by atoms with Gasteiger partial charge in [-0.1, -0.05) is 31.6 Å². The third-order valence-electron chi connectivity index (χ3n) is 2.42. The summed E-state index contributed by atoms with van der Waals surface area (Å²) in [5, 5.41) is 3.22. The van der Waals surface area contributed by atoms with Gasteiger partial charge in [-0.05, 0) is 25.0 Å². The number of pyridine rings is 1. The van der Waals surface area contributed by atoms with Crippen molar-refractivity contribution in [1.82, 2.24) is 4.98 Å². The number of unbranched alkanes of at least 4 members (excludes halogenated alkanes) is 1. The normalized spacial score (nSPS) is 10.3. The molecular formula is C13H21N3OS. The maximum Gasteiger partial charge on any atom is 0.126 e. The molecule has 3 N–H and O–H groups in total. The Hall–Kier alpha value is -1.20. The van der Waals surface area contributed by atoms with E-state index in [0.29, 0.717) is 10.7 Å². The van der Waals surface area contributed by atoms with E-state index >= 15 is 0 Å². The molecule has 0 unspecified atom stereocenters. The molecule has 0 aromatic carbocycles. The maximum atomic E-state index is 5.53. The third-order valence-corrected chi connectivity index (χ3v) is 2.62. The van der Waals surface area contributed by atoms with Crippen LogP contribution in [0.25, 0.3) is 0 Å². The molecule has 1 aromatic heterocycles. The van der Waals surface area contributed by atoms with Gasteiger partial charge in [-0.25, -0.2) is 4.98 Å². The average molecular weight is 267 g/mol. The first-order chi connectivity index (χ1) is 8.74. The lowest BCUT2D eigenvalue weighted by Crippen LogP contribution is -2.13. The summed E-state index contributed by atoms with van der Waals surface area (Å²) in [7, 11) is 0. The van der Waals surface area contributed by atoms with Gasteiger partial charge in [-0.2, -0.15) is 0 Å². The average Bonchev–Trinajstić information content (AvgIpc) is 2.38. The van der Waals surface area contributed by atoms with E-state index in [1.807, 2.05) is 12.1 Å². The Bertz CT molecular complexity index is 371. The summed E-state index contributed by atoms with van der Waals surface area (Å²) >= 11 is 4.88. The first kappa shape index (κ1) is 14.9. The van der Waals surface area contributed by atoms with Gasteiger partial charge in [0, 0.05) is 19.8 Å². The molecule has 1 rings (SSSR count). The van der Waals surface area contributed by atoms with E-state index in [2.05, 4.69) is 17.2 Å². The van der Waals surface area contributed by atoms with Gasteiger partial charge >= 0.3 is 0 Å². The van der Waals surface area contributed by atoms with Crippen molar-refractivity contribution in [3.63, 3.8) is 0 Å². The number of rotatable bonds is 9. The second-order valence-electron chi connectivity index (χ2n) is 4.02.